The first-order chi connectivity index (χ1) is 13.4. The van der Waals surface area contributed by atoms with Crippen LogP contribution in [0.25, 0.3) is 0 Å². The average molecular weight is 415 g/mol. The van der Waals surface area contributed by atoms with E-state index in [4.69, 9.17) is 4.74 Å². The van der Waals surface area contributed by atoms with E-state index in [9.17, 15) is 27.2 Å². The van der Waals surface area contributed by atoms with Gasteiger partial charge in [-0.15, -0.1) is 0 Å². The van der Waals surface area contributed by atoms with Crippen LogP contribution >= 0.6 is 0 Å². The smallest absolute Gasteiger partial charge is 0.419 e. The van der Waals surface area contributed by atoms with Gasteiger partial charge in [0.05, 0.1) is 5.56 Å². The lowest BCUT2D eigenvalue weighted by molar-refractivity contribution is -0.140. The largest absolute Gasteiger partial charge is 0.444 e. The zero-order valence-electron chi connectivity index (χ0n) is 16.7. The fraction of sp³-hybridized carbons (Fsp3) is 0.619. The molecule has 2 aliphatic rings. The number of Topliss-reactive ketones (excluding diaryl/α,β-unsaturated/α-hetero) is 1. The Balaban J connectivity index is 1.76. The fourth-order valence-corrected chi connectivity index (χ4v) is 4.34. The number of hydrogen-bond acceptors (Lipinski definition) is 3. The van der Waals surface area contributed by atoms with Gasteiger partial charge in [-0.1, -0.05) is 6.07 Å². The summed E-state index contributed by atoms with van der Waals surface area (Å²) in [5.74, 6) is -2.28. The van der Waals surface area contributed by atoms with Gasteiger partial charge in [-0.3, -0.25) is 4.79 Å². The summed E-state index contributed by atoms with van der Waals surface area (Å²) in [6.45, 7) is 5.36. The molecule has 0 radical (unpaired) electrons. The first-order valence-electron chi connectivity index (χ1n) is 9.79. The van der Waals surface area contributed by atoms with E-state index in [1.807, 2.05) is 0 Å². The number of carbonyl (C=O) groups excluding carboxylic acids is 2. The van der Waals surface area contributed by atoms with Crippen LogP contribution in [0, 0.1) is 11.7 Å². The van der Waals surface area contributed by atoms with Crippen molar-refractivity contribution in [1.82, 2.24) is 4.90 Å². The standard InChI is InChI=1S/C21H25F4NO3/c1-20(2,3)29-19(28)26-14-5-4-6-15(26)10-13(9-14)18(27)12-7-8-16(17(22)11-12)21(23,24)25/h7-8,11,13-15H,4-6,9-10H2,1-3H3. The average Bonchev–Trinajstić information content (AvgIpc) is 2.57. The van der Waals surface area contributed by atoms with Gasteiger partial charge in [-0.05, 0) is 65.0 Å². The van der Waals surface area contributed by atoms with Gasteiger partial charge in [0.2, 0.25) is 0 Å². The minimum Gasteiger partial charge on any atom is -0.444 e. The molecule has 3 rings (SSSR count). The molecule has 1 aromatic carbocycles. The third kappa shape index (κ3) is 4.73. The van der Waals surface area contributed by atoms with Gasteiger partial charge in [0, 0.05) is 23.6 Å². The highest BCUT2D eigenvalue weighted by atomic mass is 19.4. The highest BCUT2D eigenvalue weighted by Crippen LogP contribution is 2.39. The summed E-state index contributed by atoms with van der Waals surface area (Å²) in [7, 11) is 0. The fourth-order valence-electron chi connectivity index (χ4n) is 4.34. The molecule has 4 nitrogen and oxygen atoms in total. The van der Waals surface area contributed by atoms with Crippen molar-refractivity contribution >= 4 is 11.9 Å². The molecule has 0 spiro atoms. The number of hydrogen-bond donors (Lipinski definition) is 0. The molecule has 8 heteroatoms. The maximum absolute atomic E-state index is 13.9. The van der Waals surface area contributed by atoms with Crippen LogP contribution in [0.1, 0.15) is 68.8 Å². The molecule has 0 N–H and O–H groups in total. The van der Waals surface area contributed by atoms with Crippen LogP contribution in [0.2, 0.25) is 0 Å². The van der Waals surface area contributed by atoms with Crippen LogP contribution in [0.5, 0.6) is 0 Å². The van der Waals surface area contributed by atoms with Crippen LogP contribution < -0.4 is 0 Å². The molecule has 2 bridgehead atoms. The predicted molar refractivity (Wildman–Crippen MR) is 98.0 cm³/mol. The van der Waals surface area contributed by atoms with Crippen molar-refractivity contribution in [3.63, 3.8) is 0 Å². The van der Waals surface area contributed by atoms with Gasteiger partial charge < -0.3 is 9.64 Å². The maximum atomic E-state index is 13.9. The van der Waals surface area contributed by atoms with E-state index in [0.29, 0.717) is 25.0 Å². The zero-order valence-corrected chi connectivity index (χ0v) is 16.7. The van der Waals surface area contributed by atoms with Gasteiger partial charge in [0.1, 0.15) is 11.4 Å². The number of rotatable bonds is 2. The Labute approximate surface area is 167 Å². The lowest BCUT2D eigenvalue weighted by atomic mass is 9.76. The third-order valence-electron chi connectivity index (χ3n) is 5.51. The Morgan fingerprint density at radius 3 is 2.14 bits per heavy atom. The van der Waals surface area contributed by atoms with Crippen LogP contribution in [-0.2, 0) is 10.9 Å². The molecular formula is C21H25F4NO3. The number of nitrogens with zero attached hydrogens (tertiary/aromatic N) is 1. The zero-order chi connectivity index (χ0) is 21.6. The number of benzene rings is 1. The highest BCUT2D eigenvalue weighted by molar-refractivity contribution is 5.98. The number of ketones is 1. The first kappa shape index (κ1) is 21.6. The van der Waals surface area contributed by atoms with Crippen LogP contribution in [0.4, 0.5) is 22.4 Å². The van der Waals surface area contributed by atoms with Crippen molar-refractivity contribution in [1.29, 1.82) is 0 Å². The number of amides is 1. The second-order valence-electron chi connectivity index (χ2n) is 8.85. The summed E-state index contributed by atoms with van der Waals surface area (Å²) in [6, 6.07) is 1.99. The second kappa shape index (κ2) is 7.61. The lowest BCUT2D eigenvalue weighted by Crippen LogP contribution is -2.56. The molecule has 1 aromatic rings. The Hall–Kier alpha value is -2.12. The van der Waals surface area contributed by atoms with E-state index in [1.54, 1.807) is 25.7 Å². The summed E-state index contributed by atoms with van der Waals surface area (Å²) in [4.78, 5) is 27.2. The van der Waals surface area contributed by atoms with Crippen molar-refractivity contribution in [3.8, 4) is 0 Å². The maximum Gasteiger partial charge on any atom is 0.419 e. The quantitative estimate of drug-likeness (QED) is 0.467. The van der Waals surface area contributed by atoms with Crippen molar-refractivity contribution < 1.29 is 31.9 Å². The van der Waals surface area contributed by atoms with Gasteiger partial charge in [0.25, 0.3) is 0 Å². The summed E-state index contributed by atoms with van der Waals surface area (Å²) in [6.07, 6.45) is -2.00. The molecule has 0 saturated carbocycles. The highest BCUT2D eigenvalue weighted by Gasteiger charge is 2.44. The Kier molecular flexibility index (Phi) is 5.66. The van der Waals surface area contributed by atoms with E-state index in [-0.39, 0.29) is 23.4 Å². The van der Waals surface area contributed by atoms with E-state index in [1.165, 1.54) is 0 Å². The summed E-state index contributed by atoms with van der Waals surface area (Å²) < 4.78 is 57.7. The Morgan fingerprint density at radius 2 is 1.66 bits per heavy atom. The number of halogens is 4. The van der Waals surface area contributed by atoms with Crippen molar-refractivity contribution in [2.75, 3.05) is 0 Å². The Morgan fingerprint density at radius 1 is 1.07 bits per heavy atom. The topological polar surface area (TPSA) is 46.6 Å². The first-order valence-corrected chi connectivity index (χ1v) is 9.79. The summed E-state index contributed by atoms with van der Waals surface area (Å²) >= 11 is 0. The SMILES string of the molecule is CC(C)(C)OC(=O)N1C2CCCC1CC(C(=O)c1ccc(C(F)(F)F)c(F)c1)C2. The molecule has 160 valence electrons. The Bertz CT molecular complexity index is 786. The van der Waals surface area contributed by atoms with Gasteiger partial charge in [-0.2, -0.15) is 13.2 Å². The molecule has 2 unspecified atom stereocenters. The van der Waals surface area contributed by atoms with E-state index < -0.39 is 35.2 Å². The number of carbonyl (C=O) groups is 2. The molecule has 2 heterocycles. The third-order valence-corrected chi connectivity index (χ3v) is 5.51. The monoisotopic (exact) mass is 415 g/mol. The van der Waals surface area contributed by atoms with Gasteiger partial charge in [-0.25, -0.2) is 9.18 Å². The number of ether oxygens (including phenoxy) is 1. The second-order valence-corrected chi connectivity index (χ2v) is 8.85. The van der Waals surface area contributed by atoms with Crippen molar-refractivity contribution in [2.24, 2.45) is 5.92 Å². The number of alkyl halides is 3. The van der Waals surface area contributed by atoms with E-state index in [2.05, 4.69) is 0 Å². The summed E-state index contributed by atoms with van der Waals surface area (Å²) in [5.41, 5.74) is -2.08. The van der Waals surface area contributed by atoms with Crippen LogP contribution in [0.15, 0.2) is 18.2 Å². The van der Waals surface area contributed by atoms with Crippen molar-refractivity contribution in [2.45, 2.75) is 76.7 Å². The molecule has 29 heavy (non-hydrogen) atoms. The molecule has 2 saturated heterocycles. The van der Waals surface area contributed by atoms with Gasteiger partial charge in [0.15, 0.2) is 5.78 Å². The minimum absolute atomic E-state index is 0.0655. The predicted octanol–water partition coefficient (Wildman–Crippen LogP) is 5.60. The minimum atomic E-state index is -4.80. The van der Waals surface area contributed by atoms with E-state index in [0.717, 1.165) is 25.3 Å². The normalized spacial score (nSPS) is 24.9. The van der Waals surface area contributed by atoms with Crippen molar-refractivity contribution in [3.05, 3.63) is 35.1 Å². The molecule has 0 aliphatic carbocycles. The molecule has 2 aliphatic heterocycles. The van der Waals surface area contributed by atoms with Crippen LogP contribution in [-0.4, -0.2) is 34.5 Å². The number of piperidine rings is 2. The van der Waals surface area contributed by atoms with Crippen LogP contribution in [0.3, 0.4) is 0 Å². The molecule has 0 aromatic heterocycles. The summed E-state index contributed by atoms with van der Waals surface area (Å²) in [5, 5.41) is 0. The van der Waals surface area contributed by atoms with E-state index >= 15 is 0 Å². The lowest BCUT2D eigenvalue weighted by Gasteiger charge is -2.48. The number of fused-ring (bicyclic) bond motifs is 2. The molecule has 2 atom stereocenters. The molecule has 2 fully saturated rings. The van der Waals surface area contributed by atoms with Gasteiger partial charge >= 0.3 is 12.3 Å². The molecule has 1 amide bonds. The molecular weight excluding hydrogens is 390 g/mol.